The monoisotopic (exact) mass is 429 g/mol. The predicted molar refractivity (Wildman–Crippen MR) is 89.2 cm³/mol. The number of likely N-dealkylation sites (tertiary alicyclic amines) is 1. The highest BCUT2D eigenvalue weighted by molar-refractivity contribution is 14.0. The number of aliphatic imine (C=N–C) groups is 1. The molecule has 22 heavy (non-hydrogen) atoms. The molecule has 0 saturated carbocycles. The minimum absolute atomic E-state index is 0. The van der Waals surface area contributed by atoms with Crippen LogP contribution in [-0.4, -0.2) is 30.6 Å². The van der Waals surface area contributed by atoms with Crippen molar-refractivity contribution >= 4 is 29.9 Å². The van der Waals surface area contributed by atoms with Gasteiger partial charge < -0.3 is 15.4 Å². The molecular formula is C14H19F3IN3O. The number of benzene rings is 1. The fraction of sp³-hybridized carbons (Fsp3) is 0.500. The summed E-state index contributed by atoms with van der Waals surface area (Å²) in [6, 6.07) is 3.78. The maximum Gasteiger partial charge on any atom is 0.387 e. The maximum absolute atomic E-state index is 13.7. The number of alkyl halides is 2. The number of rotatable bonds is 4. The van der Waals surface area contributed by atoms with Crippen molar-refractivity contribution in [3.05, 3.63) is 29.6 Å². The Morgan fingerprint density at radius 1 is 1.27 bits per heavy atom. The van der Waals surface area contributed by atoms with Gasteiger partial charge in [-0.2, -0.15) is 8.78 Å². The van der Waals surface area contributed by atoms with Crippen LogP contribution in [0.4, 0.5) is 13.2 Å². The van der Waals surface area contributed by atoms with Gasteiger partial charge in [0.2, 0.25) is 0 Å². The summed E-state index contributed by atoms with van der Waals surface area (Å²) in [4.78, 5) is 6.02. The molecule has 1 heterocycles. The lowest BCUT2D eigenvalue weighted by atomic mass is 10.1. The van der Waals surface area contributed by atoms with Crippen LogP contribution in [0.1, 0.15) is 24.8 Å². The lowest BCUT2D eigenvalue weighted by molar-refractivity contribution is -0.0506. The quantitative estimate of drug-likeness (QED) is 0.454. The summed E-state index contributed by atoms with van der Waals surface area (Å²) in [6.45, 7) is -1.51. The summed E-state index contributed by atoms with van der Waals surface area (Å²) in [5.41, 5.74) is 5.85. The number of nitrogens with zero attached hydrogens (tertiary/aromatic N) is 2. The van der Waals surface area contributed by atoms with Gasteiger partial charge in [0.05, 0.1) is 12.1 Å². The van der Waals surface area contributed by atoms with E-state index in [-0.39, 0.29) is 41.8 Å². The fourth-order valence-electron chi connectivity index (χ4n) is 2.28. The molecule has 0 unspecified atom stereocenters. The van der Waals surface area contributed by atoms with Gasteiger partial charge in [0, 0.05) is 13.1 Å². The average molecular weight is 429 g/mol. The van der Waals surface area contributed by atoms with Crippen molar-refractivity contribution in [1.29, 1.82) is 0 Å². The Hall–Kier alpha value is -1.19. The van der Waals surface area contributed by atoms with Crippen LogP contribution in [0.15, 0.2) is 23.2 Å². The van der Waals surface area contributed by atoms with Gasteiger partial charge >= 0.3 is 6.61 Å². The van der Waals surface area contributed by atoms with Gasteiger partial charge in [-0.1, -0.05) is 6.07 Å². The van der Waals surface area contributed by atoms with E-state index in [1.54, 1.807) is 0 Å². The van der Waals surface area contributed by atoms with E-state index in [0.29, 0.717) is 5.96 Å². The summed E-state index contributed by atoms with van der Waals surface area (Å²) >= 11 is 0. The van der Waals surface area contributed by atoms with Crippen molar-refractivity contribution in [1.82, 2.24) is 4.90 Å². The minimum atomic E-state index is -3.01. The fourth-order valence-corrected chi connectivity index (χ4v) is 2.28. The van der Waals surface area contributed by atoms with E-state index in [0.717, 1.165) is 32.4 Å². The molecule has 1 saturated heterocycles. The molecule has 0 amide bonds. The standard InChI is InChI=1S/C14H18F3N3O.HI/c15-11-5-4-6-12(21-13(16)17)10(11)9-19-14(18)20-7-2-1-3-8-20;/h4-6,13H,1-3,7-9H2,(H2,18,19);1H. The van der Waals surface area contributed by atoms with Crippen molar-refractivity contribution in [2.75, 3.05) is 13.1 Å². The molecule has 2 rings (SSSR count). The zero-order valence-corrected chi connectivity index (χ0v) is 14.3. The lowest BCUT2D eigenvalue weighted by Crippen LogP contribution is -2.40. The molecule has 0 spiro atoms. The molecule has 124 valence electrons. The van der Waals surface area contributed by atoms with Gasteiger partial charge in [-0.3, -0.25) is 0 Å². The van der Waals surface area contributed by atoms with Crippen molar-refractivity contribution in [2.45, 2.75) is 32.4 Å². The van der Waals surface area contributed by atoms with Crippen LogP contribution < -0.4 is 10.5 Å². The minimum Gasteiger partial charge on any atom is -0.434 e. The normalized spacial score (nSPS) is 15.6. The number of piperidine rings is 1. The SMILES string of the molecule is I.NC(=NCc1c(F)cccc1OC(F)F)N1CCCCC1. The summed E-state index contributed by atoms with van der Waals surface area (Å²) in [7, 11) is 0. The Kier molecular flexibility index (Phi) is 7.77. The zero-order valence-electron chi connectivity index (χ0n) is 12.0. The van der Waals surface area contributed by atoms with Gasteiger partial charge in [0.15, 0.2) is 5.96 Å². The molecule has 1 aliphatic rings. The van der Waals surface area contributed by atoms with Crippen molar-refractivity contribution in [3.63, 3.8) is 0 Å². The largest absolute Gasteiger partial charge is 0.434 e. The molecule has 0 bridgehead atoms. The van der Waals surface area contributed by atoms with E-state index in [9.17, 15) is 13.2 Å². The Bertz CT molecular complexity index is 508. The van der Waals surface area contributed by atoms with Crippen LogP contribution in [0.25, 0.3) is 0 Å². The van der Waals surface area contributed by atoms with E-state index in [2.05, 4.69) is 9.73 Å². The second-order valence-corrected chi connectivity index (χ2v) is 4.82. The molecule has 0 radical (unpaired) electrons. The van der Waals surface area contributed by atoms with Gasteiger partial charge in [0.1, 0.15) is 11.6 Å². The first kappa shape index (κ1) is 18.9. The Labute approximate surface area is 144 Å². The maximum atomic E-state index is 13.7. The first-order chi connectivity index (χ1) is 10.1. The third kappa shape index (κ3) is 5.22. The molecule has 1 fully saturated rings. The Morgan fingerprint density at radius 3 is 2.59 bits per heavy atom. The van der Waals surface area contributed by atoms with Crippen LogP contribution in [0.5, 0.6) is 5.75 Å². The highest BCUT2D eigenvalue weighted by Gasteiger charge is 2.15. The highest BCUT2D eigenvalue weighted by atomic mass is 127. The van der Waals surface area contributed by atoms with Crippen molar-refractivity contribution < 1.29 is 17.9 Å². The van der Waals surface area contributed by atoms with E-state index in [4.69, 9.17) is 5.73 Å². The summed E-state index contributed by atoms with van der Waals surface area (Å²) in [5, 5.41) is 0. The van der Waals surface area contributed by atoms with Crippen LogP contribution >= 0.6 is 24.0 Å². The number of ether oxygens (including phenoxy) is 1. The highest BCUT2D eigenvalue weighted by Crippen LogP contribution is 2.24. The van der Waals surface area contributed by atoms with Gasteiger partial charge in [-0.05, 0) is 31.4 Å². The van der Waals surface area contributed by atoms with Crippen LogP contribution in [-0.2, 0) is 6.54 Å². The van der Waals surface area contributed by atoms with Gasteiger partial charge in [-0.15, -0.1) is 24.0 Å². The molecule has 1 aromatic carbocycles. The zero-order chi connectivity index (χ0) is 15.2. The molecule has 0 aliphatic carbocycles. The number of hydrogen-bond acceptors (Lipinski definition) is 2. The third-order valence-electron chi connectivity index (χ3n) is 3.37. The molecule has 8 heteroatoms. The second kappa shape index (κ2) is 9.06. The first-order valence-corrected chi connectivity index (χ1v) is 6.85. The number of halogens is 4. The smallest absolute Gasteiger partial charge is 0.387 e. The van der Waals surface area contributed by atoms with Gasteiger partial charge in [0.25, 0.3) is 0 Å². The van der Waals surface area contributed by atoms with E-state index in [1.807, 2.05) is 4.90 Å². The molecule has 1 aliphatic heterocycles. The molecule has 1 aromatic rings. The van der Waals surface area contributed by atoms with Crippen LogP contribution in [0.2, 0.25) is 0 Å². The predicted octanol–water partition coefficient (Wildman–Crippen LogP) is 3.35. The van der Waals surface area contributed by atoms with Crippen molar-refractivity contribution in [2.24, 2.45) is 10.7 Å². The number of hydrogen-bond donors (Lipinski definition) is 1. The van der Waals surface area contributed by atoms with E-state index in [1.165, 1.54) is 18.2 Å². The van der Waals surface area contributed by atoms with Crippen molar-refractivity contribution in [3.8, 4) is 5.75 Å². The van der Waals surface area contributed by atoms with E-state index >= 15 is 0 Å². The molecule has 2 N–H and O–H groups in total. The Morgan fingerprint density at radius 2 is 1.95 bits per heavy atom. The summed E-state index contributed by atoms with van der Waals surface area (Å²) in [5.74, 6) is -0.538. The summed E-state index contributed by atoms with van der Waals surface area (Å²) in [6.07, 6.45) is 3.23. The average Bonchev–Trinajstić information content (AvgIpc) is 2.46. The van der Waals surface area contributed by atoms with Crippen LogP contribution in [0.3, 0.4) is 0 Å². The number of guanidine groups is 1. The number of nitrogens with two attached hydrogens (primary N) is 1. The molecule has 0 atom stereocenters. The van der Waals surface area contributed by atoms with Gasteiger partial charge in [-0.25, -0.2) is 9.38 Å². The molecule has 0 aromatic heterocycles. The third-order valence-corrected chi connectivity index (χ3v) is 3.37. The topological polar surface area (TPSA) is 50.9 Å². The van der Waals surface area contributed by atoms with Crippen LogP contribution in [0, 0.1) is 5.82 Å². The summed E-state index contributed by atoms with van der Waals surface area (Å²) < 4.78 is 42.7. The first-order valence-electron chi connectivity index (χ1n) is 6.85. The Balaban J connectivity index is 0.00000242. The van der Waals surface area contributed by atoms with E-state index < -0.39 is 12.4 Å². The lowest BCUT2D eigenvalue weighted by Gasteiger charge is -2.27. The molecular weight excluding hydrogens is 410 g/mol. The second-order valence-electron chi connectivity index (χ2n) is 4.82. The molecule has 4 nitrogen and oxygen atoms in total.